The minimum atomic E-state index is -0.279. The van der Waals surface area contributed by atoms with Crippen molar-refractivity contribution in [3.63, 3.8) is 0 Å². The summed E-state index contributed by atoms with van der Waals surface area (Å²) < 4.78 is 12.7. The number of hydrogen-bond donors (Lipinski definition) is 2. The molecule has 1 amide bonds. The molecular weight excluding hydrogens is 231 g/mol. The molecule has 0 unspecified atom stereocenters. The molecule has 4 heteroatoms. The Kier molecular flexibility index (Phi) is 7.03. The van der Waals surface area contributed by atoms with E-state index in [-0.39, 0.29) is 11.7 Å². The van der Waals surface area contributed by atoms with Gasteiger partial charge in [0.25, 0.3) is 0 Å². The Bertz CT molecular complexity index is 351. The summed E-state index contributed by atoms with van der Waals surface area (Å²) in [4.78, 5) is 11.6. The quantitative estimate of drug-likeness (QED) is 0.695. The number of carbonyl (C=O) groups excluding carboxylic acids is 1. The van der Waals surface area contributed by atoms with E-state index < -0.39 is 0 Å². The largest absolute Gasteiger partial charge is 0.356 e. The highest BCUT2D eigenvalue weighted by Crippen LogP contribution is 2.03. The number of nitrogens with two attached hydrogens (primary N) is 1. The molecule has 0 aliphatic heterocycles. The molecule has 0 atom stereocenters. The van der Waals surface area contributed by atoms with Gasteiger partial charge >= 0.3 is 0 Å². The highest BCUT2D eigenvalue weighted by Gasteiger charge is 2.02. The van der Waals surface area contributed by atoms with Crippen molar-refractivity contribution in [3.05, 3.63) is 35.6 Å². The van der Waals surface area contributed by atoms with E-state index >= 15 is 0 Å². The number of amides is 1. The maximum atomic E-state index is 12.7. The normalized spacial score (nSPS) is 10.3. The summed E-state index contributed by atoms with van der Waals surface area (Å²) in [6.45, 7) is 1.43. The lowest BCUT2D eigenvalue weighted by Gasteiger charge is -2.05. The van der Waals surface area contributed by atoms with E-state index in [2.05, 4.69) is 5.32 Å². The van der Waals surface area contributed by atoms with E-state index in [4.69, 9.17) is 5.73 Å². The Balaban J connectivity index is 2.12. The Morgan fingerprint density at radius 3 is 2.44 bits per heavy atom. The van der Waals surface area contributed by atoms with Crippen LogP contribution >= 0.6 is 0 Å². The molecule has 0 radical (unpaired) electrons. The fourth-order valence-corrected chi connectivity index (χ4v) is 1.70. The van der Waals surface area contributed by atoms with Gasteiger partial charge in [0.15, 0.2) is 0 Å². The van der Waals surface area contributed by atoms with Gasteiger partial charge in [0.1, 0.15) is 5.82 Å². The molecule has 0 fully saturated rings. The highest BCUT2D eigenvalue weighted by molar-refractivity contribution is 5.78. The molecule has 3 N–H and O–H groups in total. The first-order valence-electron chi connectivity index (χ1n) is 6.43. The van der Waals surface area contributed by atoms with Gasteiger partial charge in [-0.3, -0.25) is 4.79 Å². The summed E-state index contributed by atoms with van der Waals surface area (Å²) in [5, 5.41) is 2.86. The molecule has 0 saturated heterocycles. The zero-order valence-corrected chi connectivity index (χ0v) is 10.6. The van der Waals surface area contributed by atoms with E-state index in [0.29, 0.717) is 13.0 Å². The standard InChI is InChI=1S/C14H21FN2O/c15-13-7-5-12(6-8-13)11-14(18)17-10-4-2-1-3-9-16/h5-8H,1-4,9-11,16H2,(H,17,18). The maximum Gasteiger partial charge on any atom is 0.224 e. The molecule has 3 nitrogen and oxygen atoms in total. The third kappa shape index (κ3) is 6.35. The van der Waals surface area contributed by atoms with Gasteiger partial charge in [0.05, 0.1) is 6.42 Å². The van der Waals surface area contributed by atoms with E-state index in [0.717, 1.165) is 37.8 Å². The number of rotatable bonds is 8. The number of benzene rings is 1. The van der Waals surface area contributed by atoms with Crippen LogP contribution in [0.4, 0.5) is 4.39 Å². The Labute approximate surface area is 108 Å². The summed E-state index contributed by atoms with van der Waals surface area (Å²) in [6, 6.07) is 6.01. The maximum absolute atomic E-state index is 12.7. The fourth-order valence-electron chi connectivity index (χ4n) is 1.70. The fraction of sp³-hybridized carbons (Fsp3) is 0.500. The van der Waals surface area contributed by atoms with Crippen LogP contribution in [0.25, 0.3) is 0 Å². The molecule has 18 heavy (non-hydrogen) atoms. The van der Waals surface area contributed by atoms with E-state index in [9.17, 15) is 9.18 Å². The van der Waals surface area contributed by atoms with Gasteiger partial charge in [-0.2, -0.15) is 0 Å². The van der Waals surface area contributed by atoms with E-state index in [1.165, 1.54) is 12.1 Å². The lowest BCUT2D eigenvalue weighted by molar-refractivity contribution is -0.120. The SMILES string of the molecule is NCCCCCCNC(=O)Cc1ccc(F)cc1. The van der Waals surface area contributed by atoms with Crippen LogP contribution in [-0.2, 0) is 11.2 Å². The average Bonchev–Trinajstić information content (AvgIpc) is 2.36. The van der Waals surface area contributed by atoms with Crippen LogP contribution in [0.15, 0.2) is 24.3 Å². The summed E-state index contributed by atoms with van der Waals surface area (Å²) in [7, 11) is 0. The number of carbonyl (C=O) groups is 1. The summed E-state index contributed by atoms with van der Waals surface area (Å²) >= 11 is 0. The average molecular weight is 252 g/mol. The Hall–Kier alpha value is -1.42. The number of nitrogens with one attached hydrogen (secondary N) is 1. The van der Waals surface area contributed by atoms with Crippen molar-refractivity contribution >= 4 is 5.91 Å². The molecule has 100 valence electrons. The van der Waals surface area contributed by atoms with Crippen molar-refractivity contribution in [2.45, 2.75) is 32.1 Å². The van der Waals surface area contributed by atoms with Crippen LogP contribution < -0.4 is 11.1 Å². The van der Waals surface area contributed by atoms with Crippen molar-refractivity contribution in [2.24, 2.45) is 5.73 Å². The van der Waals surface area contributed by atoms with Gasteiger partial charge in [-0.25, -0.2) is 4.39 Å². The third-order valence-corrected chi connectivity index (χ3v) is 2.73. The van der Waals surface area contributed by atoms with Crippen LogP contribution in [0.1, 0.15) is 31.2 Å². The zero-order valence-electron chi connectivity index (χ0n) is 10.6. The second-order valence-corrected chi connectivity index (χ2v) is 4.36. The van der Waals surface area contributed by atoms with Crippen LogP contribution in [0.5, 0.6) is 0 Å². The third-order valence-electron chi connectivity index (χ3n) is 2.73. The topological polar surface area (TPSA) is 55.1 Å². The second-order valence-electron chi connectivity index (χ2n) is 4.36. The first-order chi connectivity index (χ1) is 8.72. The second kappa shape index (κ2) is 8.64. The lowest BCUT2D eigenvalue weighted by Crippen LogP contribution is -2.26. The van der Waals surface area contributed by atoms with E-state index in [1.54, 1.807) is 12.1 Å². The van der Waals surface area contributed by atoms with Gasteiger partial charge in [0.2, 0.25) is 5.91 Å². The summed E-state index contributed by atoms with van der Waals surface area (Å²) in [5.41, 5.74) is 6.22. The highest BCUT2D eigenvalue weighted by atomic mass is 19.1. The first kappa shape index (κ1) is 14.6. The molecule has 0 saturated carbocycles. The Morgan fingerprint density at radius 2 is 1.78 bits per heavy atom. The monoisotopic (exact) mass is 252 g/mol. The van der Waals surface area contributed by atoms with Crippen molar-refractivity contribution in [2.75, 3.05) is 13.1 Å². The Morgan fingerprint density at radius 1 is 1.11 bits per heavy atom. The van der Waals surface area contributed by atoms with Gasteiger partial charge < -0.3 is 11.1 Å². The number of hydrogen-bond acceptors (Lipinski definition) is 2. The summed E-state index contributed by atoms with van der Waals surface area (Å²) in [5.74, 6) is -0.292. The van der Waals surface area contributed by atoms with E-state index in [1.807, 2.05) is 0 Å². The predicted octanol–water partition coefficient (Wildman–Crippen LogP) is 2.00. The van der Waals surface area contributed by atoms with Crippen LogP contribution in [-0.4, -0.2) is 19.0 Å². The summed E-state index contributed by atoms with van der Waals surface area (Å²) in [6.07, 6.45) is 4.54. The van der Waals surface area contributed by atoms with Gasteiger partial charge in [-0.15, -0.1) is 0 Å². The minimum Gasteiger partial charge on any atom is -0.356 e. The molecule has 0 aliphatic rings. The molecule has 0 heterocycles. The minimum absolute atomic E-state index is 0.0135. The van der Waals surface area contributed by atoms with Crippen molar-refractivity contribution < 1.29 is 9.18 Å². The smallest absolute Gasteiger partial charge is 0.224 e. The van der Waals surface area contributed by atoms with Gasteiger partial charge in [-0.1, -0.05) is 25.0 Å². The van der Waals surface area contributed by atoms with Crippen LogP contribution in [0, 0.1) is 5.82 Å². The lowest BCUT2D eigenvalue weighted by atomic mass is 10.1. The molecular formula is C14H21FN2O. The van der Waals surface area contributed by atoms with Crippen LogP contribution in [0.3, 0.4) is 0 Å². The molecule has 0 spiro atoms. The molecule has 0 aliphatic carbocycles. The molecule has 0 aromatic heterocycles. The molecule has 1 rings (SSSR count). The number of unbranched alkanes of at least 4 members (excludes halogenated alkanes) is 3. The van der Waals surface area contributed by atoms with Crippen molar-refractivity contribution in [3.8, 4) is 0 Å². The van der Waals surface area contributed by atoms with Crippen molar-refractivity contribution in [1.82, 2.24) is 5.32 Å². The van der Waals surface area contributed by atoms with Crippen molar-refractivity contribution in [1.29, 1.82) is 0 Å². The number of halogens is 1. The molecule has 1 aromatic carbocycles. The first-order valence-corrected chi connectivity index (χ1v) is 6.43. The molecule has 0 bridgehead atoms. The van der Waals surface area contributed by atoms with Gasteiger partial charge in [-0.05, 0) is 37.1 Å². The van der Waals surface area contributed by atoms with Crippen LogP contribution in [0.2, 0.25) is 0 Å². The predicted molar refractivity (Wildman–Crippen MR) is 70.6 cm³/mol. The molecule has 1 aromatic rings. The zero-order chi connectivity index (χ0) is 13.2. The van der Waals surface area contributed by atoms with Gasteiger partial charge in [0, 0.05) is 6.54 Å².